The molecule has 6 N–H and O–H groups in total. The lowest BCUT2D eigenvalue weighted by Gasteiger charge is -2.07. The highest BCUT2D eigenvalue weighted by atomic mass is 16.4. The molecule has 1 unspecified atom stereocenters. The first-order valence-corrected chi connectivity index (χ1v) is 3.51. The summed E-state index contributed by atoms with van der Waals surface area (Å²) >= 11 is 0. The molecular formula is C6H11N3O4. The van der Waals surface area contributed by atoms with Crippen LogP contribution >= 0.6 is 0 Å². The van der Waals surface area contributed by atoms with Crippen molar-refractivity contribution in [3.8, 4) is 0 Å². The van der Waals surface area contributed by atoms with Gasteiger partial charge in [-0.2, -0.15) is 0 Å². The van der Waals surface area contributed by atoms with Gasteiger partial charge in [0.25, 0.3) is 0 Å². The summed E-state index contributed by atoms with van der Waals surface area (Å²) in [6.45, 7) is 0. The van der Waals surface area contributed by atoms with E-state index < -0.39 is 23.9 Å². The maximum Gasteiger partial charge on any atom is 0.318 e. The van der Waals surface area contributed by atoms with Crippen molar-refractivity contribution in [3.63, 3.8) is 0 Å². The molecule has 0 saturated heterocycles. The van der Waals surface area contributed by atoms with E-state index in [1.807, 2.05) is 0 Å². The number of hydrogen-bond donors (Lipinski definition) is 4. The molecule has 0 fully saturated rings. The van der Waals surface area contributed by atoms with Gasteiger partial charge in [0.1, 0.15) is 0 Å². The molecule has 0 saturated carbocycles. The van der Waals surface area contributed by atoms with Gasteiger partial charge in [-0.05, 0) is 6.42 Å². The number of primary amides is 1. The van der Waals surface area contributed by atoms with Crippen LogP contribution in [0.15, 0.2) is 0 Å². The molecule has 0 aromatic rings. The van der Waals surface area contributed by atoms with E-state index in [0.29, 0.717) is 0 Å². The Labute approximate surface area is 74.1 Å². The van der Waals surface area contributed by atoms with Crippen molar-refractivity contribution in [1.82, 2.24) is 5.32 Å². The highest BCUT2D eigenvalue weighted by Crippen LogP contribution is 1.94. The van der Waals surface area contributed by atoms with Crippen molar-refractivity contribution < 1.29 is 19.5 Å². The number of carbonyl (C=O) groups excluding carboxylic acids is 2. The van der Waals surface area contributed by atoms with Gasteiger partial charge < -0.3 is 16.6 Å². The van der Waals surface area contributed by atoms with Crippen LogP contribution in [0.5, 0.6) is 0 Å². The standard InChI is InChI=1S/C6H11N3O4/c7-3(1-2-4(10)11)5(12)9-6(8)13/h3H,1-2,7H2,(H,10,11)(H3,8,9,12,13). The van der Waals surface area contributed by atoms with Crippen molar-refractivity contribution in [3.05, 3.63) is 0 Å². The summed E-state index contributed by atoms with van der Waals surface area (Å²) in [5.41, 5.74) is 9.88. The largest absolute Gasteiger partial charge is 0.481 e. The lowest BCUT2D eigenvalue weighted by atomic mass is 10.1. The molecule has 0 bridgehead atoms. The Morgan fingerprint density at radius 3 is 2.31 bits per heavy atom. The predicted octanol–water partition coefficient (Wildman–Crippen LogP) is -1.63. The van der Waals surface area contributed by atoms with E-state index in [1.165, 1.54) is 0 Å². The summed E-state index contributed by atoms with van der Waals surface area (Å²) in [6.07, 6.45) is -0.262. The minimum Gasteiger partial charge on any atom is -0.481 e. The summed E-state index contributed by atoms with van der Waals surface area (Å²) < 4.78 is 0. The number of amides is 3. The summed E-state index contributed by atoms with van der Waals surface area (Å²) in [5.74, 6) is -1.82. The minimum absolute atomic E-state index is 0.0333. The number of nitrogens with two attached hydrogens (primary N) is 2. The minimum atomic E-state index is -1.05. The quantitative estimate of drug-likeness (QED) is 0.421. The highest BCUT2D eigenvalue weighted by molar-refractivity contribution is 5.96. The number of nitrogens with one attached hydrogen (secondary N) is 1. The lowest BCUT2D eigenvalue weighted by molar-refractivity contribution is -0.137. The third-order valence-electron chi connectivity index (χ3n) is 1.25. The van der Waals surface area contributed by atoms with Gasteiger partial charge in [0.15, 0.2) is 0 Å². The number of carboxylic acid groups (broad SMARTS) is 1. The van der Waals surface area contributed by atoms with Crippen LogP contribution in [0.2, 0.25) is 0 Å². The molecule has 0 radical (unpaired) electrons. The second kappa shape index (κ2) is 5.09. The van der Waals surface area contributed by atoms with Gasteiger partial charge in [0, 0.05) is 6.42 Å². The molecule has 7 nitrogen and oxygen atoms in total. The van der Waals surface area contributed by atoms with E-state index in [4.69, 9.17) is 10.8 Å². The molecule has 0 aliphatic carbocycles. The first-order valence-electron chi connectivity index (χ1n) is 3.51. The Kier molecular flexibility index (Phi) is 4.45. The number of urea groups is 1. The number of hydrogen-bond acceptors (Lipinski definition) is 4. The zero-order chi connectivity index (χ0) is 10.4. The van der Waals surface area contributed by atoms with Crippen molar-refractivity contribution in [1.29, 1.82) is 0 Å². The number of aliphatic carboxylic acids is 1. The van der Waals surface area contributed by atoms with Crippen molar-refractivity contribution in [2.24, 2.45) is 11.5 Å². The fourth-order valence-electron chi connectivity index (χ4n) is 0.624. The van der Waals surface area contributed by atoms with E-state index in [2.05, 4.69) is 5.73 Å². The molecule has 0 aromatic heterocycles. The molecule has 0 heterocycles. The number of rotatable bonds is 4. The molecule has 0 aliphatic rings. The zero-order valence-electron chi connectivity index (χ0n) is 6.82. The summed E-state index contributed by atoms with van der Waals surface area (Å²) in [4.78, 5) is 31.1. The van der Waals surface area contributed by atoms with Gasteiger partial charge >= 0.3 is 12.0 Å². The van der Waals surface area contributed by atoms with Crippen LogP contribution in [0.4, 0.5) is 4.79 Å². The Hall–Kier alpha value is -1.63. The van der Waals surface area contributed by atoms with Crippen LogP contribution in [-0.4, -0.2) is 29.1 Å². The fraction of sp³-hybridized carbons (Fsp3) is 0.500. The Morgan fingerprint density at radius 1 is 1.38 bits per heavy atom. The van der Waals surface area contributed by atoms with Gasteiger partial charge in [-0.3, -0.25) is 14.9 Å². The maximum absolute atomic E-state index is 10.8. The van der Waals surface area contributed by atoms with Gasteiger partial charge in [-0.1, -0.05) is 0 Å². The summed E-state index contributed by atoms with van der Waals surface area (Å²) in [6, 6.07) is -2.03. The third kappa shape index (κ3) is 5.62. The molecule has 0 spiro atoms. The maximum atomic E-state index is 10.8. The van der Waals surface area contributed by atoms with Crippen LogP contribution in [0.3, 0.4) is 0 Å². The van der Waals surface area contributed by atoms with E-state index in [-0.39, 0.29) is 12.8 Å². The molecular weight excluding hydrogens is 178 g/mol. The van der Waals surface area contributed by atoms with Crippen LogP contribution in [0, 0.1) is 0 Å². The smallest absolute Gasteiger partial charge is 0.318 e. The second-order valence-corrected chi connectivity index (χ2v) is 2.39. The monoisotopic (exact) mass is 189 g/mol. The van der Waals surface area contributed by atoms with Crippen molar-refractivity contribution >= 4 is 17.9 Å². The van der Waals surface area contributed by atoms with Crippen LogP contribution in [0.25, 0.3) is 0 Å². The predicted molar refractivity (Wildman–Crippen MR) is 42.6 cm³/mol. The Balaban J connectivity index is 3.82. The van der Waals surface area contributed by atoms with Gasteiger partial charge in [-0.15, -0.1) is 0 Å². The van der Waals surface area contributed by atoms with E-state index >= 15 is 0 Å². The van der Waals surface area contributed by atoms with Crippen LogP contribution < -0.4 is 16.8 Å². The molecule has 0 aromatic carbocycles. The Bertz CT molecular complexity index is 228. The first kappa shape index (κ1) is 11.4. The molecule has 13 heavy (non-hydrogen) atoms. The normalized spacial score (nSPS) is 11.8. The SMILES string of the molecule is NC(=O)NC(=O)C(N)CCC(=O)O. The van der Waals surface area contributed by atoms with Gasteiger partial charge in [0.05, 0.1) is 6.04 Å². The Morgan fingerprint density at radius 2 is 1.92 bits per heavy atom. The molecule has 0 aliphatic heterocycles. The molecule has 1 atom stereocenters. The molecule has 3 amide bonds. The van der Waals surface area contributed by atoms with Crippen molar-refractivity contribution in [2.75, 3.05) is 0 Å². The second-order valence-electron chi connectivity index (χ2n) is 2.39. The van der Waals surface area contributed by atoms with Crippen LogP contribution in [0.1, 0.15) is 12.8 Å². The van der Waals surface area contributed by atoms with E-state index in [9.17, 15) is 14.4 Å². The zero-order valence-corrected chi connectivity index (χ0v) is 6.82. The fourth-order valence-corrected chi connectivity index (χ4v) is 0.624. The van der Waals surface area contributed by atoms with Gasteiger partial charge in [0.2, 0.25) is 5.91 Å². The topological polar surface area (TPSA) is 136 Å². The van der Waals surface area contributed by atoms with Gasteiger partial charge in [-0.25, -0.2) is 4.79 Å². The number of carbonyl (C=O) groups is 3. The van der Waals surface area contributed by atoms with Crippen LogP contribution in [-0.2, 0) is 9.59 Å². The number of imide groups is 1. The summed E-state index contributed by atoms with van der Waals surface area (Å²) in [7, 11) is 0. The average molecular weight is 189 g/mol. The molecule has 7 heteroatoms. The average Bonchev–Trinajstić information content (AvgIpc) is 1.98. The molecule has 74 valence electrons. The summed E-state index contributed by atoms with van der Waals surface area (Å²) in [5, 5.41) is 10.00. The first-order chi connectivity index (χ1) is 5.93. The highest BCUT2D eigenvalue weighted by Gasteiger charge is 2.15. The lowest BCUT2D eigenvalue weighted by Crippen LogP contribution is -2.45. The van der Waals surface area contributed by atoms with E-state index in [0.717, 1.165) is 0 Å². The van der Waals surface area contributed by atoms with Crippen molar-refractivity contribution in [2.45, 2.75) is 18.9 Å². The molecule has 0 rings (SSSR count). The third-order valence-corrected chi connectivity index (χ3v) is 1.25. The van der Waals surface area contributed by atoms with E-state index in [1.54, 1.807) is 5.32 Å². The number of carboxylic acids is 1.